The predicted molar refractivity (Wildman–Crippen MR) is 100 cm³/mol. The zero-order chi connectivity index (χ0) is 17.1. The summed E-state index contributed by atoms with van der Waals surface area (Å²) >= 11 is 1.59. The van der Waals surface area contributed by atoms with Gasteiger partial charge in [0.25, 0.3) is 5.91 Å². The highest BCUT2D eigenvalue weighted by Crippen LogP contribution is 2.28. The van der Waals surface area contributed by atoms with Gasteiger partial charge < -0.3 is 10.6 Å². The van der Waals surface area contributed by atoms with Crippen LogP contribution in [0.2, 0.25) is 0 Å². The van der Waals surface area contributed by atoms with Crippen LogP contribution < -0.4 is 10.6 Å². The molecule has 0 spiro atoms. The van der Waals surface area contributed by atoms with Crippen molar-refractivity contribution < 1.29 is 4.79 Å². The summed E-state index contributed by atoms with van der Waals surface area (Å²) in [5, 5.41) is 13.2. The molecule has 0 unspecified atom stereocenters. The van der Waals surface area contributed by atoms with Gasteiger partial charge in [-0.2, -0.15) is 5.10 Å². The molecule has 4 rings (SSSR count). The lowest BCUT2D eigenvalue weighted by molar-refractivity contribution is 0.0931. The number of benzene rings is 1. The monoisotopic (exact) mass is 352 g/mol. The summed E-state index contributed by atoms with van der Waals surface area (Å²) in [5.74, 6) is -0.0562. The molecular formula is C19H20N4OS. The first-order valence-electron chi connectivity index (χ1n) is 8.52. The average molecular weight is 352 g/mol. The van der Waals surface area contributed by atoms with Crippen LogP contribution in [0.25, 0.3) is 16.3 Å². The van der Waals surface area contributed by atoms with Gasteiger partial charge in [-0.1, -0.05) is 24.3 Å². The first-order chi connectivity index (χ1) is 12.3. The van der Waals surface area contributed by atoms with Crippen molar-refractivity contribution >= 4 is 17.2 Å². The van der Waals surface area contributed by atoms with Crippen LogP contribution >= 0.6 is 11.3 Å². The van der Waals surface area contributed by atoms with Crippen LogP contribution in [0, 0.1) is 0 Å². The highest BCUT2D eigenvalue weighted by atomic mass is 32.1. The molecule has 0 radical (unpaired) electrons. The molecule has 3 aromatic rings. The third kappa shape index (κ3) is 3.50. The zero-order valence-electron chi connectivity index (χ0n) is 13.8. The number of carbonyl (C=O) groups is 1. The number of thiophene rings is 1. The summed E-state index contributed by atoms with van der Waals surface area (Å²) < 4.78 is 1.78. The Morgan fingerprint density at radius 1 is 1.24 bits per heavy atom. The van der Waals surface area contributed by atoms with E-state index in [9.17, 15) is 4.79 Å². The zero-order valence-corrected chi connectivity index (χ0v) is 14.6. The molecule has 1 fully saturated rings. The van der Waals surface area contributed by atoms with E-state index < -0.39 is 0 Å². The largest absolute Gasteiger partial charge is 0.348 e. The van der Waals surface area contributed by atoms with Crippen molar-refractivity contribution in [2.24, 2.45) is 0 Å². The third-order valence-corrected chi connectivity index (χ3v) is 5.24. The van der Waals surface area contributed by atoms with Crippen LogP contribution in [-0.4, -0.2) is 34.8 Å². The molecule has 1 aromatic carbocycles. The van der Waals surface area contributed by atoms with E-state index >= 15 is 0 Å². The van der Waals surface area contributed by atoms with Gasteiger partial charge in [-0.25, -0.2) is 4.68 Å². The molecule has 2 aromatic heterocycles. The minimum absolute atomic E-state index is 0.0562. The van der Waals surface area contributed by atoms with E-state index in [1.807, 2.05) is 54.0 Å². The van der Waals surface area contributed by atoms with Gasteiger partial charge in [0.2, 0.25) is 0 Å². The Hall–Kier alpha value is -2.44. The second-order valence-corrected chi connectivity index (χ2v) is 7.11. The number of carbonyl (C=O) groups excluding carboxylic acids is 1. The van der Waals surface area contributed by atoms with Crippen molar-refractivity contribution in [1.29, 1.82) is 0 Å². The fourth-order valence-electron chi connectivity index (χ4n) is 3.09. The van der Waals surface area contributed by atoms with E-state index in [2.05, 4.69) is 15.7 Å². The number of piperidine rings is 1. The van der Waals surface area contributed by atoms with Gasteiger partial charge in [0.1, 0.15) is 5.69 Å². The van der Waals surface area contributed by atoms with Crippen molar-refractivity contribution in [1.82, 2.24) is 20.4 Å². The van der Waals surface area contributed by atoms with Crippen LogP contribution in [0.15, 0.2) is 54.0 Å². The summed E-state index contributed by atoms with van der Waals surface area (Å²) in [7, 11) is 0. The van der Waals surface area contributed by atoms with Crippen molar-refractivity contribution in [3.8, 4) is 16.3 Å². The maximum absolute atomic E-state index is 12.9. The molecule has 128 valence electrons. The lowest BCUT2D eigenvalue weighted by atomic mass is 10.1. The molecule has 1 amide bonds. The minimum atomic E-state index is -0.0562. The van der Waals surface area contributed by atoms with E-state index in [0.29, 0.717) is 5.56 Å². The molecule has 25 heavy (non-hydrogen) atoms. The van der Waals surface area contributed by atoms with Crippen LogP contribution in [0.4, 0.5) is 0 Å². The van der Waals surface area contributed by atoms with Gasteiger partial charge in [0, 0.05) is 18.8 Å². The van der Waals surface area contributed by atoms with Gasteiger partial charge in [-0.15, -0.1) is 11.3 Å². The van der Waals surface area contributed by atoms with Gasteiger partial charge >= 0.3 is 0 Å². The number of nitrogens with zero attached hydrogens (tertiary/aromatic N) is 2. The van der Waals surface area contributed by atoms with Crippen molar-refractivity contribution in [3.05, 3.63) is 59.6 Å². The standard InChI is InChI=1S/C19H20N4OS/c24-19(21-14-6-4-10-20-12-14)16-13-23(15-7-2-1-3-8-15)22-18(16)17-9-5-11-25-17/h1-3,5,7-9,11,13-14,20H,4,6,10,12H2,(H,21,24)/t14-/m0/s1. The van der Waals surface area contributed by atoms with Crippen molar-refractivity contribution in [3.63, 3.8) is 0 Å². The minimum Gasteiger partial charge on any atom is -0.348 e. The Balaban J connectivity index is 1.67. The molecular weight excluding hydrogens is 332 g/mol. The first kappa shape index (κ1) is 16.1. The van der Waals surface area contributed by atoms with E-state index in [0.717, 1.165) is 42.2 Å². The van der Waals surface area contributed by atoms with E-state index in [-0.39, 0.29) is 11.9 Å². The van der Waals surface area contributed by atoms with E-state index in [1.54, 1.807) is 16.0 Å². The highest BCUT2D eigenvalue weighted by Gasteiger charge is 2.22. The van der Waals surface area contributed by atoms with Crippen molar-refractivity contribution in [2.45, 2.75) is 18.9 Å². The fourth-order valence-corrected chi connectivity index (χ4v) is 3.81. The maximum Gasteiger partial charge on any atom is 0.255 e. The molecule has 3 heterocycles. The summed E-state index contributed by atoms with van der Waals surface area (Å²) in [6.07, 6.45) is 3.93. The lowest BCUT2D eigenvalue weighted by Gasteiger charge is -2.23. The third-order valence-electron chi connectivity index (χ3n) is 4.37. The van der Waals surface area contributed by atoms with E-state index in [4.69, 9.17) is 0 Å². The maximum atomic E-state index is 12.9. The quantitative estimate of drug-likeness (QED) is 0.759. The molecule has 1 aliphatic heterocycles. The highest BCUT2D eigenvalue weighted by molar-refractivity contribution is 7.13. The number of para-hydroxylation sites is 1. The van der Waals surface area contributed by atoms with Crippen molar-refractivity contribution in [2.75, 3.05) is 13.1 Å². The van der Waals surface area contributed by atoms with Gasteiger partial charge in [0.05, 0.1) is 16.1 Å². The molecule has 0 saturated carbocycles. The van der Waals surface area contributed by atoms with Gasteiger partial charge in [-0.3, -0.25) is 4.79 Å². The Kier molecular flexibility index (Phi) is 4.63. The lowest BCUT2D eigenvalue weighted by Crippen LogP contribution is -2.45. The summed E-state index contributed by atoms with van der Waals surface area (Å²) in [4.78, 5) is 13.9. The second kappa shape index (κ2) is 7.21. The Bertz CT molecular complexity index is 836. The summed E-state index contributed by atoms with van der Waals surface area (Å²) in [6, 6.07) is 14.0. The second-order valence-electron chi connectivity index (χ2n) is 6.17. The number of nitrogens with one attached hydrogen (secondary N) is 2. The number of hydrogen-bond acceptors (Lipinski definition) is 4. The molecule has 1 aliphatic rings. The number of rotatable bonds is 4. The van der Waals surface area contributed by atoms with Gasteiger partial charge in [0.15, 0.2) is 0 Å². The van der Waals surface area contributed by atoms with Crippen LogP contribution in [-0.2, 0) is 0 Å². The fraction of sp³-hybridized carbons (Fsp3) is 0.263. The van der Waals surface area contributed by atoms with Crippen LogP contribution in [0.5, 0.6) is 0 Å². The first-order valence-corrected chi connectivity index (χ1v) is 9.40. The van der Waals surface area contributed by atoms with E-state index in [1.165, 1.54) is 0 Å². The van der Waals surface area contributed by atoms with Gasteiger partial charge in [-0.05, 0) is 43.0 Å². The molecule has 6 heteroatoms. The normalized spacial score (nSPS) is 17.4. The molecule has 5 nitrogen and oxygen atoms in total. The number of aromatic nitrogens is 2. The molecule has 2 N–H and O–H groups in total. The predicted octanol–water partition coefficient (Wildman–Crippen LogP) is 3.08. The SMILES string of the molecule is O=C(N[C@H]1CCCNC1)c1cn(-c2ccccc2)nc1-c1cccs1. The van der Waals surface area contributed by atoms with Crippen LogP contribution in [0.1, 0.15) is 23.2 Å². The smallest absolute Gasteiger partial charge is 0.255 e. The number of hydrogen-bond donors (Lipinski definition) is 2. The summed E-state index contributed by atoms with van der Waals surface area (Å²) in [5.41, 5.74) is 2.30. The average Bonchev–Trinajstić information content (AvgIpc) is 3.33. The molecule has 1 saturated heterocycles. The Morgan fingerprint density at radius 2 is 2.12 bits per heavy atom. The molecule has 1 atom stereocenters. The number of amides is 1. The Labute approximate surface area is 150 Å². The molecule has 0 bridgehead atoms. The Morgan fingerprint density at radius 3 is 2.84 bits per heavy atom. The summed E-state index contributed by atoms with van der Waals surface area (Å²) in [6.45, 7) is 1.85. The molecule has 0 aliphatic carbocycles. The van der Waals surface area contributed by atoms with Crippen LogP contribution in [0.3, 0.4) is 0 Å². The topological polar surface area (TPSA) is 59.0 Å².